The Labute approximate surface area is 146 Å². The van der Waals surface area contributed by atoms with Gasteiger partial charge in [0.05, 0.1) is 5.56 Å². The molecule has 1 N–H and O–H groups in total. The Hall–Kier alpha value is -2.48. The van der Waals surface area contributed by atoms with Crippen molar-refractivity contribution in [3.05, 3.63) is 65.5 Å². The summed E-state index contributed by atoms with van der Waals surface area (Å²) >= 11 is 0.231. The molecule has 0 unspecified atom stereocenters. The van der Waals surface area contributed by atoms with E-state index in [4.69, 9.17) is 4.74 Å². The van der Waals surface area contributed by atoms with Gasteiger partial charge in [-0.3, -0.25) is 4.79 Å². The lowest BCUT2D eigenvalue weighted by molar-refractivity contribution is -0.124. The Balaban J connectivity index is 1.85. The van der Waals surface area contributed by atoms with Gasteiger partial charge in [-0.1, -0.05) is 36.0 Å². The summed E-state index contributed by atoms with van der Waals surface area (Å²) in [4.78, 5) is 23.7. The van der Waals surface area contributed by atoms with Crippen molar-refractivity contribution < 1.29 is 27.5 Å². The molecule has 132 valence electrons. The topological polar surface area (TPSA) is 55.4 Å². The molecule has 25 heavy (non-hydrogen) atoms. The van der Waals surface area contributed by atoms with Crippen molar-refractivity contribution in [1.82, 2.24) is 5.32 Å². The van der Waals surface area contributed by atoms with Gasteiger partial charge in [-0.25, -0.2) is 9.18 Å². The first-order valence-corrected chi connectivity index (χ1v) is 8.06. The first-order valence-electron chi connectivity index (χ1n) is 7.18. The zero-order valence-corrected chi connectivity index (χ0v) is 13.7. The number of alkyl halides is 2. The Morgan fingerprint density at radius 3 is 2.44 bits per heavy atom. The molecule has 0 spiro atoms. The SMILES string of the molecule is O=C(COC(=O)c1ccccc1SC(F)F)NCc1ccc(F)cc1. The van der Waals surface area contributed by atoms with E-state index in [1.165, 1.54) is 48.5 Å². The van der Waals surface area contributed by atoms with Crippen LogP contribution in [0.5, 0.6) is 0 Å². The molecule has 0 aliphatic heterocycles. The lowest BCUT2D eigenvalue weighted by atomic mass is 10.2. The zero-order chi connectivity index (χ0) is 18.2. The Morgan fingerprint density at radius 1 is 1.08 bits per heavy atom. The van der Waals surface area contributed by atoms with Gasteiger partial charge in [0.15, 0.2) is 6.61 Å². The number of hydrogen-bond acceptors (Lipinski definition) is 4. The van der Waals surface area contributed by atoms with E-state index in [-0.39, 0.29) is 34.6 Å². The van der Waals surface area contributed by atoms with Crippen LogP contribution in [0, 0.1) is 5.82 Å². The highest BCUT2D eigenvalue weighted by Gasteiger charge is 2.17. The van der Waals surface area contributed by atoms with Crippen LogP contribution in [-0.2, 0) is 16.1 Å². The molecule has 2 aromatic carbocycles. The second-order valence-electron chi connectivity index (χ2n) is 4.85. The molecule has 0 bridgehead atoms. The standard InChI is InChI=1S/C17H14F3NO3S/c18-12-7-5-11(6-8-12)9-21-15(22)10-24-16(23)13-3-1-2-4-14(13)25-17(19)20/h1-8,17H,9-10H2,(H,21,22). The third kappa shape index (κ3) is 6.15. The predicted molar refractivity (Wildman–Crippen MR) is 86.8 cm³/mol. The minimum Gasteiger partial charge on any atom is -0.452 e. The summed E-state index contributed by atoms with van der Waals surface area (Å²) in [6.45, 7) is -0.401. The molecule has 1 amide bonds. The molecule has 0 heterocycles. The quantitative estimate of drug-likeness (QED) is 0.598. The van der Waals surface area contributed by atoms with Crippen molar-refractivity contribution in [2.24, 2.45) is 0 Å². The molecule has 2 aromatic rings. The van der Waals surface area contributed by atoms with Crippen LogP contribution >= 0.6 is 11.8 Å². The maximum atomic E-state index is 12.8. The number of thioether (sulfide) groups is 1. The van der Waals surface area contributed by atoms with Gasteiger partial charge in [0.1, 0.15) is 5.82 Å². The van der Waals surface area contributed by atoms with Crippen molar-refractivity contribution in [3.63, 3.8) is 0 Å². The first-order chi connectivity index (χ1) is 12.0. The van der Waals surface area contributed by atoms with Crippen LogP contribution < -0.4 is 5.32 Å². The number of esters is 1. The van der Waals surface area contributed by atoms with Crippen LogP contribution in [0.2, 0.25) is 0 Å². The molecule has 0 fully saturated rings. The molecule has 0 saturated heterocycles. The fourth-order valence-corrected chi connectivity index (χ4v) is 2.52. The van der Waals surface area contributed by atoms with E-state index in [2.05, 4.69) is 5.32 Å². The normalized spacial score (nSPS) is 10.6. The number of hydrogen-bond donors (Lipinski definition) is 1. The van der Waals surface area contributed by atoms with Gasteiger partial charge in [0.2, 0.25) is 0 Å². The van der Waals surface area contributed by atoms with Crippen LogP contribution in [-0.4, -0.2) is 24.2 Å². The third-order valence-electron chi connectivity index (χ3n) is 3.06. The number of rotatable bonds is 7. The number of ether oxygens (including phenoxy) is 1. The average molecular weight is 369 g/mol. The maximum Gasteiger partial charge on any atom is 0.339 e. The molecule has 0 aliphatic carbocycles. The second-order valence-corrected chi connectivity index (χ2v) is 5.89. The Kier molecular flexibility index (Phi) is 6.88. The van der Waals surface area contributed by atoms with Gasteiger partial charge in [-0.2, -0.15) is 8.78 Å². The van der Waals surface area contributed by atoms with Crippen LogP contribution in [0.15, 0.2) is 53.4 Å². The number of halogens is 3. The fraction of sp³-hybridized carbons (Fsp3) is 0.176. The van der Waals surface area contributed by atoms with Gasteiger partial charge >= 0.3 is 5.97 Å². The molecule has 8 heteroatoms. The molecule has 2 rings (SSSR count). The molecule has 0 aromatic heterocycles. The van der Waals surface area contributed by atoms with E-state index in [1.54, 1.807) is 0 Å². The van der Waals surface area contributed by atoms with Crippen molar-refractivity contribution in [2.45, 2.75) is 17.2 Å². The van der Waals surface area contributed by atoms with Gasteiger partial charge < -0.3 is 10.1 Å². The molecule has 0 atom stereocenters. The molecule has 0 aliphatic rings. The molecule has 4 nitrogen and oxygen atoms in total. The number of benzene rings is 2. The number of nitrogens with one attached hydrogen (secondary N) is 1. The lowest BCUT2D eigenvalue weighted by Crippen LogP contribution is -2.28. The highest BCUT2D eigenvalue weighted by atomic mass is 32.2. The van der Waals surface area contributed by atoms with E-state index in [0.29, 0.717) is 5.56 Å². The van der Waals surface area contributed by atoms with E-state index in [1.807, 2.05) is 0 Å². The van der Waals surface area contributed by atoms with Gasteiger partial charge in [-0.05, 0) is 29.8 Å². The smallest absolute Gasteiger partial charge is 0.339 e. The van der Waals surface area contributed by atoms with Crippen LogP contribution in [0.3, 0.4) is 0 Å². The van der Waals surface area contributed by atoms with Gasteiger partial charge in [-0.15, -0.1) is 0 Å². The Bertz CT molecular complexity index is 738. The summed E-state index contributed by atoms with van der Waals surface area (Å²) in [7, 11) is 0. The highest BCUT2D eigenvalue weighted by molar-refractivity contribution is 7.99. The average Bonchev–Trinajstić information content (AvgIpc) is 2.59. The second kappa shape index (κ2) is 9.12. The molecule has 0 saturated carbocycles. The summed E-state index contributed by atoms with van der Waals surface area (Å²) in [6.07, 6.45) is 0. The largest absolute Gasteiger partial charge is 0.452 e. The first kappa shape index (κ1) is 18.9. The van der Waals surface area contributed by atoms with Crippen molar-refractivity contribution in [1.29, 1.82) is 0 Å². The summed E-state index contributed by atoms with van der Waals surface area (Å²) in [5.41, 5.74) is 0.652. The molecular weight excluding hydrogens is 355 g/mol. The summed E-state index contributed by atoms with van der Waals surface area (Å²) in [5.74, 6) is -4.48. The summed E-state index contributed by atoms with van der Waals surface area (Å²) in [6, 6.07) is 11.3. The van der Waals surface area contributed by atoms with Gasteiger partial charge in [0, 0.05) is 11.4 Å². The fourth-order valence-electron chi connectivity index (χ4n) is 1.90. The minimum absolute atomic E-state index is 0.0286. The number of carbonyl (C=O) groups is 2. The highest BCUT2D eigenvalue weighted by Crippen LogP contribution is 2.28. The molecule has 0 radical (unpaired) electrons. The predicted octanol–water partition coefficient (Wildman–Crippen LogP) is 3.61. The van der Waals surface area contributed by atoms with Crippen molar-refractivity contribution >= 4 is 23.6 Å². The Morgan fingerprint density at radius 2 is 1.76 bits per heavy atom. The van der Waals surface area contributed by atoms with E-state index in [9.17, 15) is 22.8 Å². The zero-order valence-electron chi connectivity index (χ0n) is 12.9. The van der Waals surface area contributed by atoms with E-state index in [0.717, 1.165) is 0 Å². The maximum absolute atomic E-state index is 12.8. The third-order valence-corrected chi connectivity index (χ3v) is 3.85. The van der Waals surface area contributed by atoms with E-state index >= 15 is 0 Å². The van der Waals surface area contributed by atoms with E-state index < -0.39 is 24.2 Å². The van der Waals surface area contributed by atoms with Crippen LogP contribution in [0.1, 0.15) is 15.9 Å². The van der Waals surface area contributed by atoms with Crippen LogP contribution in [0.4, 0.5) is 13.2 Å². The van der Waals surface area contributed by atoms with Crippen molar-refractivity contribution in [3.8, 4) is 0 Å². The summed E-state index contributed by atoms with van der Waals surface area (Å²) < 4.78 is 42.6. The van der Waals surface area contributed by atoms with Gasteiger partial charge in [0.25, 0.3) is 11.7 Å². The minimum atomic E-state index is -2.67. The summed E-state index contributed by atoms with van der Waals surface area (Å²) in [5, 5.41) is 2.51. The lowest BCUT2D eigenvalue weighted by Gasteiger charge is -2.09. The number of carbonyl (C=O) groups excluding carboxylic acids is 2. The number of amides is 1. The molecular formula is C17H14F3NO3S. The van der Waals surface area contributed by atoms with Crippen molar-refractivity contribution in [2.75, 3.05) is 6.61 Å². The monoisotopic (exact) mass is 369 g/mol. The van der Waals surface area contributed by atoms with Crippen LogP contribution in [0.25, 0.3) is 0 Å².